The minimum absolute atomic E-state index is 0.0474. The average Bonchev–Trinajstić information content (AvgIpc) is 3.03. The molecule has 2 rings (SSSR count). The van der Waals surface area contributed by atoms with E-state index in [0.717, 1.165) is 23.9 Å². The Labute approximate surface area is 129 Å². The van der Waals surface area contributed by atoms with Gasteiger partial charge >= 0.3 is 0 Å². The van der Waals surface area contributed by atoms with Crippen LogP contribution < -0.4 is 10.6 Å². The number of aromatic nitrogens is 1. The standard InChI is InChI=1S/C15H23N3S2/c1-5-18(10-11-7-6-8-19-11)14-17-13(15(2,3)4)12(9-16)20-14/h6-8H,5,9-10,16H2,1-4H3. The first-order valence-electron chi connectivity index (χ1n) is 6.93. The average molecular weight is 310 g/mol. The second-order valence-electron chi connectivity index (χ2n) is 5.82. The quantitative estimate of drug-likeness (QED) is 0.908. The van der Waals surface area contributed by atoms with Crippen LogP contribution in [-0.2, 0) is 18.5 Å². The molecule has 20 heavy (non-hydrogen) atoms. The van der Waals surface area contributed by atoms with Gasteiger partial charge in [-0.2, -0.15) is 0 Å². The van der Waals surface area contributed by atoms with E-state index in [1.54, 1.807) is 22.7 Å². The van der Waals surface area contributed by atoms with Gasteiger partial charge in [-0.25, -0.2) is 4.98 Å². The van der Waals surface area contributed by atoms with Gasteiger partial charge < -0.3 is 10.6 Å². The summed E-state index contributed by atoms with van der Waals surface area (Å²) in [6.07, 6.45) is 0. The summed E-state index contributed by atoms with van der Waals surface area (Å²) in [5.41, 5.74) is 7.08. The maximum Gasteiger partial charge on any atom is 0.186 e. The van der Waals surface area contributed by atoms with Crippen LogP contribution in [0, 0.1) is 0 Å². The minimum Gasteiger partial charge on any atom is -0.343 e. The fourth-order valence-corrected chi connectivity index (χ4v) is 4.04. The Bertz CT molecular complexity index is 538. The van der Waals surface area contributed by atoms with Crippen molar-refractivity contribution in [1.29, 1.82) is 0 Å². The zero-order valence-corrected chi connectivity index (χ0v) is 14.3. The summed E-state index contributed by atoms with van der Waals surface area (Å²) in [5, 5.41) is 3.21. The SMILES string of the molecule is CCN(Cc1cccs1)c1nc(C(C)(C)C)c(CN)s1. The van der Waals surface area contributed by atoms with E-state index in [9.17, 15) is 0 Å². The maximum atomic E-state index is 5.89. The van der Waals surface area contributed by atoms with Gasteiger partial charge in [0.2, 0.25) is 0 Å². The van der Waals surface area contributed by atoms with E-state index in [1.165, 1.54) is 9.75 Å². The van der Waals surface area contributed by atoms with Gasteiger partial charge in [-0.1, -0.05) is 26.8 Å². The number of hydrogen-bond acceptors (Lipinski definition) is 5. The Balaban J connectivity index is 2.28. The number of rotatable bonds is 5. The fraction of sp³-hybridized carbons (Fsp3) is 0.533. The first kappa shape index (κ1) is 15.5. The Morgan fingerprint density at radius 3 is 2.55 bits per heavy atom. The van der Waals surface area contributed by atoms with Gasteiger partial charge in [0.25, 0.3) is 0 Å². The van der Waals surface area contributed by atoms with Crippen LogP contribution in [0.5, 0.6) is 0 Å². The predicted molar refractivity (Wildman–Crippen MR) is 89.7 cm³/mol. The van der Waals surface area contributed by atoms with Gasteiger partial charge in [0, 0.05) is 28.3 Å². The van der Waals surface area contributed by atoms with Crippen molar-refractivity contribution >= 4 is 27.8 Å². The van der Waals surface area contributed by atoms with E-state index in [-0.39, 0.29) is 5.41 Å². The zero-order valence-electron chi connectivity index (χ0n) is 12.6. The van der Waals surface area contributed by atoms with Crippen LogP contribution in [0.15, 0.2) is 17.5 Å². The van der Waals surface area contributed by atoms with E-state index < -0.39 is 0 Å². The fourth-order valence-electron chi connectivity index (χ4n) is 2.10. The third-order valence-electron chi connectivity index (χ3n) is 3.16. The van der Waals surface area contributed by atoms with E-state index >= 15 is 0 Å². The first-order valence-corrected chi connectivity index (χ1v) is 8.63. The van der Waals surface area contributed by atoms with E-state index in [2.05, 4.69) is 50.1 Å². The predicted octanol–water partition coefficient (Wildman–Crippen LogP) is 3.99. The molecule has 0 saturated heterocycles. The Hall–Kier alpha value is -0.910. The molecule has 2 aromatic rings. The van der Waals surface area contributed by atoms with Crippen LogP contribution in [0.2, 0.25) is 0 Å². The lowest BCUT2D eigenvalue weighted by Crippen LogP contribution is -2.22. The third-order valence-corrected chi connectivity index (χ3v) is 5.16. The number of hydrogen-bond donors (Lipinski definition) is 1. The van der Waals surface area contributed by atoms with Crippen molar-refractivity contribution in [2.75, 3.05) is 11.4 Å². The molecule has 3 nitrogen and oxygen atoms in total. The molecular formula is C15H23N3S2. The highest BCUT2D eigenvalue weighted by atomic mass is 32.1. The Morgan fingerprint density at radius 2 is 2.10 bits per heavy atom. The molecule has 0 saturated carbocycles. The van der Waals surface area contributed by atoms with Crippen molar-refractivity contribution in [1.82, 2.24) is 4.98 Å². The summed E-state index contributed by atoms with van der Waals surface area (Å²) < 4.78 is 0. The van der Waals surface area contributed by atoms with Gasteiger partial charge in [-0.05, 0) is 18.4 Å². The normalized spacial score (nSPS) is 11.8. The number of thiazole rings is 1. The lowest BCUT2D eigenvalue weighted by atomic mass is 9.91. The highest BCUT2D eigenvalue weighted by molar-refractivity contribution is 7.15. The van der Waals surface area contributed by atoms with E-state index in [4.69, 9.17) is 10.7 Å². The molecule has 0 fully saturated rings. The molecule has 2 heterocycles. The molecule has 0 radical (unpaired) electrons. The van der Waals surface area contributed by atoms with E-state index in [0.29, 0.717) is 6.54 Å². The van der Waals surface area contributed by atoms with Crippen molar-refractivity contribution in [3.63, 3.8) is 0 Å². The molecule has 0 aliphatic carbocycles. The van der Waals surface area contributed by atoms with Crippen molar-refractivity contribution < 1.29 is 0 Å². The highest BCUT2D eigenvalue weighted by Gasteiger charge is 2.24. The molecule has 0 bridgehead atoms. The molecular weight excluding hydrogens is 286 g/mol. The Morgan fingerprint density at radius 1 is 1.35 bits per heavy atom. The summed E-state index contributed by atoms with van der Waals surface area (Å²) in [5.74, 6) is 0. The number of thiophene rings is 1. The number of anilines is 1. The summed E-state index contributed by atoms with van der Waals surface area (Å²) in [7, 11) is 0. The molecule has 0 atom stereocenters. The summed E-state index contributed by atoms with van der Waals surface area (Å²) in [6.45, 7) is 11.2. The molecule has 0 aliphatic heterocycles. The largest absolute Gasteiger partial charge is 0.343 e. The third kappa shape index (κ3) is 3.40. The van der Waals surface area contributed by atoms with Crippen LogP contribution in [0.4, 0.5) is 5.13 Å². The van der Waals surface area contributed by atoms with Gasteiger partial charge in [-0.3, -0.25) is 0 Å². The molecule has 2 N–H and O–H groups in total. The van der Waals surface area contributed by atoms with Crippen molar-refractivity contribution in [2.45, 2.75) is 46.2 Å². The van der Waals surface area contributed by atoms with Gasteiger partial charge in [0.15, 0.2) is 5.13 Å². The maximum absolute atomic E-state index is 5.89. The van der Waals surface area contributed by atoms with Crippen LogP contribution in [0.1, 0.15) is 43.1 Å². The number of nitrogens with zero attached hydrogens (tertiary/aromatic N) is 2. The molecule has 2 aromatic heterocycles. The van der Waals surface area contributed by atoms with E-state index in [1.807, 2.05) is 0 Å². The summed E-state index contributed by atoms with van der Waals surface area (Å²) in [4.78, 5) is 9.77. The second-order valence-corrected chi connectivity index (χ2v) is 7.91. The monoisotopic (exact) mass is 309 g/mol. The van der Waals surface area contributed by atoms with Crippen molar-refractivity contribution in [3.8, 4) is 0 Å². The molecule has 0 amide bonds. The Kier molecular flexibility index (Phi) is 4.83. The summed E-state index contributed by atoms with van der Waals surface area (Å²) >= 11 is 3.53. The van der Waals surface area contributed by atoms with Crippen molar-refractivity contribution in [3.05, 3.63) is 33.0 Å². The van der Waals surface area contributed by atoms with Gasteiger partial charge in [0.05, 0.1) is 12.2 Å². The van der Waals surface area contributed by atoms with Gasteiger partial charge in [0.1, 0.15) is 0 Å². The lowest BCUT2D eigenvalue weighted by molar-refractivity contribution is 0.565. The molecule has 0 unspecified atom stereocenters. The molecule has 110 valence electrons. The first-order chi connectivity index (χ1) is 9.45. The molecule has 0 aliphatic rings. The summed E-state index contributed by atoms with van der Waals surface area (Å²) in [6, 6.07) is 4.27. The van der Waals surface area contributed by atoms with Crippen LogP contribution in [0.25, 0.3) is 0 Å². The molecule has 0 spiro atoms. The van der Waals surface area contributed by atoms with Crippen LogP contribution in [0.3, 0.4) is 0 Å². The lowest BCUT2D eigenvalue weighted by Gasteiger charge is -2.20. The molecule has 0 aromatic carbocycles. The zero-order chi connectivity index (χ0) is 14.8. The van der Waals surface area contributed by atoms with Gasteiger partial charge in [-0.15, -0.1) is 22.7 Å². The molecule has 5 heteroatoms. The van der Waals surface area contributed by atoms with Crippen LogP contribution in [-0.4, -0.2) is 11.5 Å². The van der Waals surface area contributed by atoms with Crippen LogP contribution >= 0.6 is 22.7 Å². The van der Waals surface area contributed by atoms with Crippen molar-refractivity contribution in [2.24, 2.45) is 5.73 Å². The smallest absolute Gasteiger partial charge is 0.186 e. The highest BCUT2D eigenvalue weighted by Crippen LogP contribution is 2.34. The number of nitrogens with two attached hydrogens (primary N) is 1. The minimum atomic E-state index is 0.0474. The topological polar surface area (TPSA) is 42.2 Å². The second kappa shape index (κ2) is 6.24.